The Balaban J connectivity index is 2.02. The predicted molar refractivity (Wildman–Crippen MR) is 116 cm³/mol. The third-order valence-electron chi connectivity index (χ3n) is 4.18. The smallest absolute Gasteiger partial charge is 0.191 e. The number of benzene rings is 2. The zero-order valence-corrected chi connectivity index (χ0v) is 17.5. The van der Waals surface area contributed by atoms with Crippen molar-refractivity contribution in [3.05, 3.63) is 64.7 Å². The van der Waals surface area contributed by atoms with Crippen LogP contribution in [0.15, 0.2) is 47.5 Å². The molecule has 0 saturated heterocycles. The highest BCUT2D eigenvalue weighted by molar-refractivity contribution is 5.79. The summed E-state index contributed by atoms with van der Waals surface area (Å²) in [6.07, 6.45) is 0. The van der Waals surface area contributed by atoms with Crippen LogP contribution >= 0.6 is 0 Å². The number of rotatable bonds is 10. The van der Waals surface area contributed by atoms with Gasteiger partial charge in [-0.3, -0.25) is 0 Å². The maximum absolute atomic E-state index is 9.04. The van der Waals surface area contributed by atoms with Gasteiger partial charge < -0.3 is 20.1 Å². The van der Waals surface area contributed by atoms with Crippen LogP contribution in [0.5, 0.6) is 5.75 Å². The number of guanidine groups is 1. The van der Waals surface area contributed by atoms with E-state index in [9.17, 15) is 0 Å². The van der Waals surface area contributed by atoms with Gasteiger partial charge in [-0.25, -0.2) is 4.99 Å². The second-order valence-electron chi connectivity index (χ2n) is 6.52. The van der Waals surface area contributed by atoms with Crippen molar-refractivity contribution in [3.8, 4) is 11.8 Å². The molecule has 0 saturated carbocycles. The summed E-state index contributed by atoms with van der Waals surface area (Å²) in [5, 5.41) is 15.7. The van der Waals surface area contributed by atoms with Gasteiger partial charge in [-0.15, -0.1) is 0 Å². The van der Waals surface area contributed by atoms with Crippen molar-refractivity contribution in [2.24, 2.45) is 4.99 Å². The summed E-state index contributed by atoms with van der Waals surface area (Å²) >= 11 is 0. The number of nitrogens with zero attached hydrogens (tertiary/aromatic N) is 2. The maximum atomic E-state index is 9.04. The van der Waals surface area contributed by atoms with Gasteiger partial charge in [0.1, 0.15) is 12.4 Å². The summed E-state index contributed by atoms with van der Waals surface area (Å²) in [5.74, 6) is 1.57. The lowest BCUT2D eigenvalue weighted by Gasteiger charge is -2.15. The van der Waals surface area contributed by atoms with Crippen molar-refractivity contribution in [2.45, 2.75) is 33.9 Å². The molecule has 29 heavy (non-hydrogen) atoms. The Morgan fingerprint density at radius 2 is 1.97 bits per heavy atom. The molecule has 154 valence electrons. The summed E-state index contributed by atoms with van der Waals surface area (Å²) in [6.45, 7) is 9.68. The van der Waals surface area contributed by atoms with Crippen LogP contribution in [0.1, 0.15) is 36.1 Å². The van der Waals surface area contributed by atoms with E-state index >= 15 is 0 Å². The second kappa shape index (κ2) is 12.4. The van der Waals surface area contributed by atoms with E-state index in [0.29, 0.717) is 38.5 Å². The highest BCUT2D eigenvalue weighted by Crippen LogP contribution is 2.20. The molecule has 0 fully saturated rings. The minimum Gasteiger partial charge on any atom is -0.491 e. The van der Waals surface area contributed by atoms with Gasteiger partial charge in [0.15, 0.2) is 5.96 Å². The molecule has 2 rings (SSSR count). The van der Waals surface area contributed by atoms with E-state index in [1.54, 1.807) is 6.07 Å². The Morgan fingerprint density at radius 1 is 1.10 bits per heavy atom. The van der Waals surface area contributed by atoms with Gasteiger partial charge in [0, 0.05) is 25.3 Å². The first kappa shape index (κ1) is 22.3. The van der Waals surface area contributed by atoms with E-state index in [1.165, 1.54) is 0 Å². The molecule has 2 N–H and O–H groups in total. The number of nitrogens with one attached hydrogen (secondary N) is 2. The van der Waals surface area contributed by atoms with Crippen LogP contribution in [0.2, 0.25) is 0 Å². The Labute approximate surface area is 173 Å². The molecule has 2 aromatic carbocycles. The average Bonchev–Trinajstić information content (AvgIpc) is 2.74. The van der Waals surface area contributed by atoms with Gasteiger partial charge in [0.25, 0.3) is 0 Å². The van der Waals surface area contributed by atoms with Crippen molar-refractivity contribution in [2.75, 3.05) is 26.4 Å². The quantitative estimate of drug-likeness (QED) is 0.366. The van der Waals surface area contributed by atoms with E-state index in [-0.39, 0.29) is 0 Å². The summed E-state index contributed by atoms with van der Waals surface area (Å²) in [5.41, 5.74) is 3.85. The molecule has 0 aromatic heterocycles. The normalized spacial score (nSPS) is 11.0. The van der Waals surface area contributed by atoms with E-state index < -0.39 is 0 Å². The molecule has 0 aliphatic rings. The first-order valence-electron chi connectivity index (χ1n) is 9.97. The fraction of sp³-hybridized carbons (Fsp3) is 0.391. The van der Waals surface area contributed by atoms with Crippen LogP contribution in [0.3, 0.4) is 0 Å². The van der Waals surface area contributed by atoms with Crippen molar-refractivity contribution in [1.82, 2.24) is 10.6 Å². The second-order valence-corrected chi connectivity index (χ2v) is 6.52. The fourth-order valence-electron chi connectivity index (χ4n) is 2.73. The predicted octanol–water partition coefficient (Wildman–Crippen LogP) is 3.54. The van der Waals surface area contributed by atoms with Crippen molar-refractivity contribution < 1.29 is 9.47 Å². The van der Waals surface area contributed by atoms with Crippen LogP contribution in [0, 0.1) is 18.3 Å². The summed E-state index contributed by atoms with van der Waals surface area (Å²) < 4.78 is 11.3. The number of hydrogen-bond acceptors (Lipinski definition) is 4. The van der Waals surface area contributed by atoms with Crippen LogP contribution in [0.4, 0.5) is 0 Å². The Hall–Kier alpha value is -3.04. The summed E-state index contributed by atoms with van der Waals surface area (Å²) in [7, 11) is 0. The van der Waals surface area contributed by atoms with E-state index in [2.05, 4.69) is 33.8 Å². The number of ether oxygens (including phenoxy) is 2. The summed E-state index contributed by atoms with van der Waals surface area (Å²) in [6, 6.07) is 15.8. The average molecular weight is 395 g/mol. The zero-order chi connectivity index (χ0) is 20.9. The largest absolute Gasteiger partial charge is 0.491 e. The summed E-state index contributed by atoms with van der Waals surface area (Å²) in [4.78, 5) is 4.63. The van der Waals surface area contributed by atoms with Crippen molar-refractivity contribution in [1.29, 1.82) is 5.26 Å². The Morgan fingerprint density at radius 3 is 2.72 bits per heavy atom. The first-order chi connectivity index (χ1) is 14.2. The Kier molecular flexibility index (Phi) is 9.53. The van der Waals surface area contributed by atoms with Gasteiger partial charge in [-0.2, -0.15) is 5.26 Å². The third kappa shape index (κ3) is 7.84. The number of nitriles is 1. The molecule has 0 bridgehead atoms. The monoisotopic (exact) mass is 394 g/mol. The van der Waals surface area contributed by atoms with Gasteiger partial charge in [0.2, 0.25) is 0 Å². The number of aliphatic imine (C=N–C) groups is 1. The SMILES string of the molecule is CCNC(=NCc1cccc(C#N)c1)NCc1ccc(C)cc1OCCOCC. The van der Waals surface area contributed by atoms with Gasteiger partial charge >= 0.3 is 0 Å². The highest BCUT2D eigenvalue weighted by Gasteiger charge is 2.06. The van der Waals surface area contributed by atoms with E-state index in [1.807, 2.05) is 45.0 Å². The zero-order valence-electron chi connectivity index (χ0n) is 17.5. The van der Waals surface area contributed by atoms with Crippen LogP contribution < -0.4 is 15.4 Å². The van der Waals surface area contributed by atoms with Gasteiger partial charge in [-0.05, 0) is 50.1 Å². The molecule has 0 radical (unpaired) electrons. The fourth-order valence-corrected chi connectivity index (χ4v) is 2.73. The molecule has 0 aliphatic heterocycles. The molecular formula is C23H30N4O2. The molecule has 0 aliphatic carbocycles. The highest BCUT2D eigenvalue weighted by atomic mass is 16.5. The van der Waals surface area contributed by atoms with E-state index in [0.717, 1.165) is 34.9 Å². The standard InChI is InChI=1S/C23H30N4O2/c1-4-25-23(26-16-20-8-6-7-19(14-20)15-24)27-17-21-10-9-18(3)13-22(21)29-12-11-28-5-2/h6-10,13-14H,4-5,11-12,16-17H2,1-3H3,(H2,25,26,27). The molecular weight excluding hydrogens is 364 g/mol. The lowest BCUT2D eigenvalue weighted by molar-refractivity contribution is 0.110. The number of hydrogen-bond donors (Lipinski definition) is 2. The first-order valence-corrected chi connectivity index (χ1v) is 9.97. The molecule has 6 nitrogen and oxygen atoms in total. The van der Waals surface area contributed by atoms with Crippen LogP contribution in [-0.2, 0) is 17.8 Å². The maximum Gasteiger partial charge on any atom is 0.191 e. The molecule has 2 aromatic rings. The molecule has 0 atom stereocenters. The molecule has 0 unspecified atom stereocenters. The van der Waals surface area contributed by atoms with Crippen LogP contribution in [-0.4, -0.2) is 32.3 Å². The van der Waals surface area contributed by atoms with Crippen molar-refractivity contribution >= 4 is 5.96 Å². The molecule has 0 amide bonds. The van der Waals surface area contributed by atoms with E-state index in [4.69, 9.17) is 14.7 Å². The Bertz CT molecular complexity index is 843. The minimum absolute atomic E-state index is 0.496. The van der Waals surface area contributed by atoms with Crippen molar-refractivity contribution in [3.63, 3.8) is 0 Å². The van der Waals surface area contributed by atoms with Gasteiger partial charge in [0.05, 0.1) is 24.8 Å². The van der Waals surface area contributed by atoms with Gasteiger partial charge in [-0.1, -0.05) is 24.3 Å². The number of aryl methyl sites for hydroxylation is 1. The molecule has 6 heteroatoms. The lowest BCUT2D eigenvalue weighted by Crippen LogP contribution is -2.36. The minimum atomic E-state index is 0.496. The van der Waals surface area contributed by atoms with Crippen LogP contribution in [0.25, 0.3) is 0 Å². The lowest BCUT2D eigenvalue weighted by atomic mass is 10.1. The molecule has 0 heterocycles. The topological polar surface area (TPSA) is 78.7 Å². The molecule has 0 spiro atoms. The third-order valence-corrected chi connectivity index (χ3v) is 4.18.